The Balaban J connectivity index is 1.63. The molecule has 0 bridgehead atoms. The van der Waals surface area contributed by atoms with Gasteiger partial charge in [-0.1, -0.05) is 0 Å². The van der Waals surface area contributed by atoms with Crippen LogP contribution in [0.3, 0.4) is 0 Å². The summed E-state index contributed by atoms with van der Waals surface area (Å²) >= 11 is 0. The van der Waals surface area contributed by atoms with Gasteiger partial charge in [0.25, 0.3) is 5.91 Å². The quantitative estimate of drug-likeness (QED) is 0.502. The van der Waals surface area contributed by atoms with Crippen molar-refractivity contribution in [3.63, 3.8) is 0 Å². The standard InChI is InChI=1S/C26H27F3N4O3/c1-26(2,3)36-25(35)32-12-10-16(11-13-32)23-20(15-30-33(23)19-7-4-17(27)5-8-19)24(34)31-22-14-18(28)6-9-21(22)29/h4-9,14-16H,10-13H2,1-3H3,(H,31,34). The number of aromatic nitrogens is 2. The fraction of sp³-hybridized carbons (Fsp3) is 0.346. The van der Waals surface area contributed by atoms with Crippen LogP contribution in [-0.2, 0) is 4.74 Å². The van der Waals surface area contributed by atoms with Gasteiger partial charge in [-0.25, -0.2) is 22.6 Å². The zero-order valence-electron chi connectivity index (χ0n) is 20.2. The normalized spacial score (nSPS) is 14.6. The summed E-state index contributed by atoms with van der Waals surface area (Å²) in [5.74, 6) is -2.73. The van der Waals surface area contributed by atoms with E-state index in [9.17, 15) is 22.8 Å². The summed E-state index contributed by atoms with van der Waals surface area (Å²) in [6.07, 6.45) is 1.97. The Kier molecular flexibility index (Phi) is 7.05. The molecular weight excluding hydrogens is 473 g/mol. The van der Waals surface area contributed by atoms with E-state index in [2.05, 4.69) is 10.4 Å². The van der Waals surface area contributed by atoms with Crippen LogP contribution in [0, 0.1) is 17.5 Å². The van der Waals surface area contributed by atoms with Crippen LogP contribution in [-0.4, -0.2) is 45.4 Å². The zero-order chi connectivity index (χ0) is 26.0. The Morgan fingerprint density at radius 3 is 2.28 bits per heavy atom. The number of nitrogens with one attached hydrogen (secondary N) is 1. The number of ether oxygens (including phenoxy) is 1. The molecular formula is C26H27F3N4O3. The smallest absolute Gasteiger partial charge is 0.410 e. The van der Waals surface area contributed by atoms with E-state index in [4.69, 9.17) is 4.74 Å². The first-order valence-corrected chi connectivity index (χ1v) is 11.6. The van der Waals surface area contributed by atoms with E-state index in [1.54, 1.807) is 30.4 Å². The summed E-state index contributed by atoms with van der Waals surface area (Å²) in [5.41, 5.74) is 0.350. The first-order chi connectivity index (χ1) is 17.0. The van der Waals surface area contributed by atoms with Crippen molar-refractivity contribution in [3.8, 4) is 5.69 Å². The molecule has 1 saturated heterocycles. The van der Waals surface area contributed by atoms with Crippen LogP contribution in [0.4, 0.5) is 23.7 Å². The molecule has 0 saturated carbocycles. The molecule has 1 N–H and O–H groups in total. The number of benzene rings is 2. The van der Waals surface area contributed by atoms with E-state index in [1.165, 1.54) is 30.5 Å². The predicted molar refractivity (Wildman–Crippen MR) is 128 cm³/mol. The summed E-state index contributed by atoms with van der Waals surface area (Å²) in [4.78, 5) is 27.3. The predicted octanol–water partition coefficient (Wildman–Crippen LogP) is 5.66. The zero-order valence-corrected chi connectivity index (χ0v) is 20.2. The van der Waals surface area contributed by atoms with Crippen LogP contribution >= 0.6 is 0 Å². The van der Waals surface area contributed by atoms with Crippen molar-refractivity contribution in [2.75, 3.05) is 18.4 Å². The van der Waals surface area contributed by atoms with Gasteiger partial charge in [0.2, 0.25) is 0 Å². The number of hydrogen-bond acceptors (Lipinski definition) is 4. The van der Waals surface area contributed by atoms with E-state index in [1.807, 2.05) is 0 Å². The van der Waals surface area contributed by atoms with Crippen molar-refractivity contribution >= 4 is 17.7 Å². The number of rotatable bonds is 4. The number of hydrogen-bond donors (Lipinski definition) is 1. The van der Waals surface area contributed by atoms with Gasteiger partial charge in [0.05, 0.1) is 28.8 Å². The SMILES string of the molecule is CC(C)(C)OC(=O)N1CCC(c2c(C(=O)Nc3cc(F)ccc3F)cnn2-c2ccc(F)cc2)CC1. The maximum Gasteiger partial charge on any atom is 0.410 e. The Morgan fingerprint density at radius 2 is 1.64 bits per heavy atom. The second-order valence-corrected chi connectivity index (χ2v) is 9.65. The Morgan fingerprint density at radius 1 is 1.00 bits per heavy atom. The fourth-order valence-electron chi connectivity index (χ4n) is 4.16. The third-order valence-electron chi connectivity index (χ3n) is 5.83. The average Bonchev–Trinajstić information content (AvgIpc) is 3.26. The van der Waals surface area contributed by atoms with Crippen molar-refractivity contribution in [2.24, 2.45) is 0 Å². The lowest BCUT2D eigenvalue weighted by atomic mass is 9.90. The molecule has 2 aromatic carbocycles. The summed E-state index contributed by atoms with van der Waals surface area (Å²) in [5, 5.41) is 6.78. The molecule has 0 atom stereocenters. The van der Waals surface area contributed by atoms with E-state index < -0.39 is 35.1 Å². The number of nitrogens with zero attached hydrogens (tertiary/aromatic N) is 3. The summed E-state index contributed by atoms with van der Waals surface area (Å²) in [7, 11) is 0. The van der Waals surface area contributed by atoms with Gasteiger partial charge in [-0.05, 0) is 70.0 Å². The van der Waals surface area contributed by atoms with Crippen molar-refractivity contribution in [2.45, 2.75) is 45.1 Å². The molecule has 3 aromatic rings. The van der Waals surface area contributed by atoms with E-state index in [0.717, 1.165) is 18.2 Å². The van der Waals surface area contributed by atoms with Gasteiger partial charge in [0.15, 0.2) is 0 Å². The topological polar surface area (TPSA) is 76.5 Å². The van der Waals surface area contributed by atoms with Crippen LogP contribution in [0.2, 0.25) is 0 Å². The number of piperidine rings is 1. The second-order valence-electron chi connectivity index (χ2n) is 9.65. The van der Waals surface area contributed by atoms with E-state index in [0.29, 0.717) is 37.3 Å². The molecule has 1 aliphatic rings. The van der Waals surface area contributed by atoms with Gasteiger partial charge in [0.1, 0.15) is 23.1 Å². The van der Waals surface area contributed by atoms with Crippen molar-refractivity contribution < 1.29 is 27.5 Å². The highest BCUT2D eigenvalue weighted by atomic mass is 19.1. The molecule has 2 heterocycles. The summed E-state index contributed by atoms with van der Waals surface area (Å²) < 4.78 is 48.3. The number of carbonyl (C=O) groups excluding carboxylic acids is 2. The van der Waals surface area contributed by atoms with Crippen molar-refractivity contribution in [1.29, 1.82) is 0 Å². The third kappa shape index (κ3) is 5.69. The molecule has 0 aliphatic carbocycles. The lowest BCUT2D eigenvalue weighted by Gasteiger charge is -2.34. The first-order valence-electron chi connectivity index (χ1n) is 11.6. The second kappa shape index (κ2) is 10.0. The molecule has 2 amide bonds. The average molecular weight is 501 g/mol. The third-order valence-corrected chi connectivity index (χ3v) is 5.83. The van der Waals surface area contributed by atoms with Crippen LogP contribution in [0.5, 0.6) is 0 Å². The monoisotopic (exact) mass is 500 g/mol. The number of amides is 2. The van der Waals surface area contributed by atoms with Gasteiger partial charge < -0.3 is 15.0 Å². The maximum atomic E-state index is 14.2. The molecule has 0 unspecified atom stereocenters. The van der Waals surface area contributed by atoms with Gasteiger partial charge in [-0.3, -0.25) is 4.79 Å². The van der Waals surface area contributed by atoms with Gasteiger partial charge in [-0.15, -0.1) is 0 Å². The molecule has 1 aromatic heterocycles. The lowest BCUT2D eigenvalue weighted by molar-refractivity contribution is 0.0203. The Hall–Kier alpha value is -3.82. The lowest BCUT2D eigenvalue weighted by Crippen LogP contribution is -2.41. The molecule has 0 spiro atoms. The van der Waals surface area contributed by atoms with Gasteiger partial charge >= 0.3 is 6.09 Å². The van der Waals surface area contributed by atoms with Gasteiger partial charge in [-0.2, -0.15) is 5.10 Å². The molecule has 1 fully saturated rings. The summed E-state index contributed by atoms with van der Waals surface area (Å²) in [6, 6.07) is 8.44. The Labute approximate surface area is 206 Å². The fourth-order valence-corrected chi connectivity index (χ4v) is 4.16. The number of carbonyl (C=O) groups is 2. The summed E-state index contributed by atoms with van der Waals surface area (Å²) in [6.45, 7) is 6.18. The van der Waals surface area contributed by atoms with Crippen LogP contribution in [0.15, 0.2) is 48.7 Å². The minimum Gasteiger partial charge on any atom is -0.444 e. The van der Waals surface area contributed by atoms with Crippen LogP contribution in [0.25, 0.3) is 5.69 Å². The maximum absolute atomic E-state index is 14.2. The molecule has 7 nitrogen and oxygen atoms in total. The molecule has 4 rings (SSSR count). The molecule has 10 heteroatoms. The highest BCUT2D eigenvalue weighted by Crippen LogP contribution is 2.33. The number of halogens is 3. The Bertz CT molecular complexity index is 1260. The highest BCUT2D eigenvalue weighted by Gasteiger charge is 2.32. The van der Waals surface area contributed by atoms with Crippen molar-refractivity contribution in [3.05, 3.63) is 77.4 Å². The highest BCUT2D eigenvalue weighted by molar-refractivity contribution is 6.05. The van der Waals surface area contributed by atoms with E-state index >= 15 is 0 Å². The minimum atomic E-state index is -0.775. The molecule has 0 radical (unpaired) electrons. The molecule has 36 heavy (non-hydrogen) atoms. The van der Waals surface area contributed by atoms with Crippen molar-refractivity contribution in [1.82, 2.24) is 14.7 Å². The van der Waals surface area contributed by atoms with Crippen LogP contribution in [0.1, 0.15) is 55.6 Å². The minimum absolute atomic E-state index is 0.179. The van der Waals surface area contributed by atoms with Crippen LogP contribution < -0.4 is 5.32 Å². The largest absolute Gasteiger partial charge is 0.444 e. The van der Waals surface area contributed by atoms with Gasteiger partial charge in [0, 0.05) is 25.1 Å². The molecule has 190 valence electrons. The first kappa shape index (κ1) is 25.3. The number of anilines is 1. The number of likely N-dealkylation sites (tertiary alicyclic amines) is 1. The molecule has 1 aliphatic heterocycles. The van der Waals surface area contributed by atoms with E-state index in [-0.39, 0.29) is 17.2 Å².